The number of ether oxygens (including phenoxy) is 1. The highest BCUT2D eigenvalue weighted by molar-refractivity contribution is 6.41. The van der Waals surface area contributed by atoms with E-state index >= 15 is 0 Å². The molecule has 0 heterocycles. The first kappa shape index (κ1) is 21.4. The molecule has 3 rings (SSSR count). The Kier molecular flexibility index (Phi) is 7.43. The number of para-hydroxylation sites is 1. The zero-order valence-corrected chi connectivity index (χ0v) is 17.2. The molecule has 0 fully saturated rings. The Morgan fingerprint density at radius 3 is 2.47 bits per heavy atom. The highest BCUT2D eigenvalue weighted by Crippen LogP contribution is 2.20. The zero-order chi connectivity index (χ0) is 21.3. The van der Waals surface area contributed by atoms with Crippen LogP contribution in [0.1, 0.15) is 11.1 Å². The number of anilines is 1. The van der Waals surface area contributed by atoms with Crippen molar-refractivity contribution in [2.45, 2.75) is 6.61 Å². The highest BCUT2D eigenvalue weighted by Gasteiger charge is 2.14. The number of hydrazone groups is 1. The molecule has 0 spiro atoms. The van der Waals surface area contributed by atoms with E-state index in [1.54, 1.807) is 54.6 Å². The monoisotopic (exact) mass is 441 g/mol. The van der Waals surface area contributed by atoms with Gasteiger partial charge in [-0.1, -0.05) is 59.6 Å². The summed E-state index contributed by atoms with van der Waals surface area (Å²) in [6, 6.07) is 21.1. The Balaban J connectivity index is 1.52. The third-order valence-electron chi connectivity index (χ3n) is 3.88. The van der Waals surface area contributed by atoms with Gasteiger partial charge in [0.1, 0.15) is 12.4 Å². The van der Waals surface area contributed by atoms with Gasteiger partial charge in [0, 0.05) is 5.02 Å². The molecule has 8 heteroatoms. The van der Waals surface area contributed by atoms with Crippen molar-refractivity contribution in [1.29, 1.82) is 0 Å². The summed E-state index contributed by atoms with van der Waals surface area (Å²) in [6.45, 7) is 0.386. The second-order valence-electron chi connectivity index (χ2n) is 6.12. The molecule has 0 aliphatic carbocycles. The molecule has 0 aliphatic rings. The van der Waals surface area contributed by atoms with E-state index < -0.39 is 11.8 Å². The standard InChI is InChI=1S/C22H17Cl2N3O3/c23-17-10-8-15(9-11-17)14-30-18-5-3-4-16(12-18)13-25-27-22(29)21(28)26-20-7-2-1-6-19(20)24/h1-13H,14H2,(H,26,28)(H,27,29)/b25-13+. The average molecular weight is 442 g/mol. The van der Waals surface area contributed by atoms with Gasteiger partial charge in [-0.2, -0.15) is 5.10 Å². The molecular weight excluding hydrogens is 425 g/mol. The quantitative estimate of drug-likeness (QED) is 0.331. The fourth-order valence-electron chi connectivity index (χ4n) is 2.39. The lowest BCUT2D eigenvalue weighted by Crippen LogP contribution is -2.32. The first-order valence-corrected chi connectivity index (χ1v) is 9.63. The van der Waals surface area contributed by atoms with Gasteiger partial charge in [0.25, 0.3) is 0 Å². The van der Waals surface area contributed by atoms with E-state index in [9.17, 15) is 9.59 Å². The fraction of sp³-hybridized carbons (Fsp3) is 0.0455. The summed E-state index contributed by atoms with van der Waals surface area (Å²) in [7, 11) is 0. The number of hydrogen-bond donors (Lipinski definition) is 2. The van der Waals surface area contributed by atoms with E-state index in [4.69, 9.17) is 27.9 Å². The van der Waals surface area contributed by atoms with Crippen molar-refractivity contribution in [2.75, 3.05) is 5.32 Å². The molecule has 0 aromatic heterocycles. The molecule has 3 aromatic carbocycles. The van der Waals surface area contributed by atoms with Crippen LogP contribution in [0.2, 0.25) is 10.0 Å². The molecule has 152 valence electrons. The van der Waals surface area contributed by atoms with Gasteiger partial charge in [-0.15, -0.1) is 0 Å². The van der Waals surface area contributed by atoms with Crippen LogP contribution >= 0.6 is 23.2 Å². The summed E-state index contributed by atoms with van der Waals surface area (Å²) in [5, 5.41) is 7.22. The Labute approximate surface area is 183 Å². The highest BCUT2D eigenvalue weighted by atomic mass is 35.5. The minimum Gasteiger partial charge on any atom is -0.489 e. The smallest absolute Gasteiger partial charge is 0.329 e. The molecule has 2 N–H and O–H groups in total. The molecule has 0 atom stereocenters. The molecule has 30 heavy (non-hydrogen) atoms. The minimum absolute atomic E-state index is 0.331. The minimum atomic E-state index is -0.915. The maximum atomic E-state index is 11.9. The normalized spacial score (nSPS) is 10.6. The van der Waals surface area contributed by atoms with E-state index in [1.165, 1.54) is 6.21 Å². The molecule has 6 nitrogen and oxygen atoms in total. The summed E-state index contributed by atoms with van der Waals surface area (Å²) in [6.07, 6.45) is 1.41. The van der Waals surface area contributed by atoms with Crippen molar-refractivity contribution in [3.05, 3.63) is 94.0 Å². The van der Waals surface area contributed by atoms with E-state index in [0.717, 1.165) is 5.56 Å². The Morgan fingerprint density at radius 2 is 1.70 bits per heavy atom. The Bertz CT molecular complexity index is 1070. The predicted octanol–water partition coefficient (Wildman–Crippen LogP) is 4.66. The Morgan fingerprint density at radius 1 is 0.933 bits per heavy atom. The van der Waals surface area contributed by atoms with E-state index in [0.29, 0.717) is 33.7 Å². The Hall–Kier alpha value is -3.35. The topological polar surface area (TPSA) is 79.8 Å². The molecule has 3 aromatic rings. The average Bonchev–Trinajstić information content (AvgIpc) is 2.75. The van der Waals surface area contributed by atoms with Crippen molar-refractivity contribution in [3.8, 4) is 5.75 Å². The van der Waals surface area contributed by atoms with Crippen molar-refractivity contribution < 1.29 is 14.3 Å². The first-order chi connectivity index (χ1) is 14.5. The molecule has 2 amide bonds. The molecule has 0 saturated carbocycles. The number of amides is 2. The lowest BCUT2D eigenvalue weighted by Gasteiger charge is -2.07. The SMILES string of the molecule is O=C(N/N=C/c1cccc(OCc2ccc(Cl)cc2)c1)C(=O)Nc1ccccc1Cl. The lowest BCUT2D eigenvalue weighted by molar-refractivity contribution is -0.136. The fourth-order valence-corrected chi connectivity index (χ4v) is 2.70. The van der Waals surface area contributed by atoms with Crippen LogP contribution in [0.5, 0.6) is 5.75 Å². The van der Waals surface area contributed by atoms with Crippen LogP contribution in [0.15, 0.2) is 77.9 Å². The van der Waals surface area contributed by atoms with Crippen molar-refractivity contribution in [3.63, 3.8) is 0 Å². The second kappa shape index (κ2) is 10.4. The van der Waals surface area contributed by atoms with E-state index in [2.05, 4.69) is 15.8 Å². The summed E-state index contributed by atoms with van der Waals surface area (Å²) in [5.41, 5.74) is 4.19. The van der Waals surface area contributed by atoms with Gasteiger partial charge in [0.05, 0.1) is 16.9 Å². The summed E-state index contributed by atoms with van der Waals surface area (Å²) in [4.78, 5) is 23.8. The maximum absolute atomic E-state index is 11.9. The molecular formula is C22H17Cl2N3O3. The van der Waals surface area contributed by atoms with Crippen LogP contribution in [-0.2, 0) is 16.2 Å². The number of halogens is 2. The molecule has 0 radical (unpaired) electrons. The number of nitrogens with one attached hydrogen (secondary N) is 2. The summed E-state index contributed by atoms with van der Waals surface area (Å²) < 4.78 is 5.75. The third-order valence-corrected chi connectivity index (χ3v) is 4.47. The number of rotatable bonds is 6. The summed E-state index contributed by atoms with van der Waals surface area (Å²) in [5.74, 6) is -1.15. The van der Waals surface area contributed by atoms with Crippen LogP contribution in [0.25, 0.3) is 0 Å². The van der Waals surface area contributed by atoms with Gasteiger partial charge < -0.3 is 10.1 Å². The number of hydrogen-bond acceptors (Lipinski definition) is 4. The van der Waals surface area contributed by atoms with Gasteiger partial charge in [0.15, 0.2) is 0 Å². The van der Waals surface area contributed by atoms with Gasteiger partial charge in [-0.3, -0.25) is 9.59 Å². The van der Waals surface area contributed by atoms with Crippen LogP contribution in [0.3, 0.4) is 0 Å². The second-order valence-corrected chi connectivity index (χ2v) is 6.96. The largest absolute Gasteiger partial charge is 0.489 e. The zero-order valence-electron chi connectivity index (χ0n) is 15.6. The molecule has 0 unspecified atom stereocenters. The summed E-state index contributed by atoms with van der Waals surface area (Å²) >= 11 is 11.8. The third kappa shape index (κ3) is 6.34. The van der Waals surface area contributed by atoms with Crippen LogP contribution < -0.4 is 15.5 Å². The van der Waals surface area contributed by atoms with Gasteiger partial charge in [0.2, 0.25) is 0 Å². The number of carbonyl (C=O) groups is 2. The van der Waals surface area contributed by atoms with Crippen molar-refractivity contribution in [1.82, 2.24) is 5.43 Å². The molecule has 0 aliphatic heterocycles. The van der Waals surface area contributed by atoms with E-state index in [-0.39, 0.29) is 0 Å². The predicted molar refractivity (Wildman–Crippen MR) is 118 cm³/mol. The van der Waals surface area contributed by atoms with Crippen LogP contribution in [-0.4, -0.2) is 18.0 Å². The van der Waals surface area contributed by atoms with Crippen molar-refractivity contribution >= 4 is 46.9 Å². The van der Waals surface area contributed by atoms with Crippen LogP contribution in [0.4, 0.5) is 5.69 Å². The number of nitrogens with zero attached hydrogens (tertiary/aromatic N) is 1. The first-order valence-electron chi connectivity index (χ1n) is 8.87. The maximum Gasteiger partial charge on any atom is 0.329 e. The number of carbonyl (C=O) groups excluding carboxylic acids is 2. The lowest BCUT2D eigenvalue weighted by atomic mass is 10.2. The van der Waals surface area contributed by atoms with Crippen molar-refractivity contribution in [2.24, 2.45) is 5.10 Å². The van der Waals surface area contributed by atoms with Crippen LogP contribution in [0, 0.1) is 0 Å². The van der Waals surface area contributed by atoms with E-state index in [1.807, 2.05) is 18.2 Å². The van der Waals surface area contributed by atoms with Gasteiger partial charge in [-0.05, 0) is 47.5 Å². The van der Waals surface area contributed by atoms with Gasteiger partial charge >= 0.3 is 11.8 Å². The molecule has 0 bridgehead atoms. The van der Waals surface area contributed by atoms with Gasteiger partial charge in [-0.25, -0.2) is 5.43 Å². The number of benzene rings is 3. The molecule has 0 saturated heterocycles.